The van der Waals surface area contributed by atoms with Gasteiger partial charge in [0.15, 0.2) is 0 Å². The highest BCUT2D eigenvalue weighted by Gasteiger charge is 2.08. The Labute approximate surface area is 80.1 Å². The molecule has 72 valence electrons. The first-order valence-electron chi connectivity index (χ1n) is 4.58. The standard InChI is InChI=1S/C11H18N2/c1-11(2,3)13-10-6-4-5-9(7-10)8-12/h4-7,13H,8,12H2,1-3H3. The van der Waals surface area contributed by atoms with Crippen molar-refractivity contribution in [2.75, 3.05) is 5.32 Å². The van der Waals surface area contributed by atoms with E-state index in [1.165, 1.54) is 0 Å². The minimum absolute atomic E-state index is 0.104. The number of anilines is 1. The second-order valence-corrected chi connectivity index (χ2v) is 4.28. The molecule has 0 aliphatic carbocycles. The van der Waals surface area contributed by atoms with E-state index in [1.807, 2.05) is 12.1 Å². The second-order valence-electron chi connectivity index (χ2n) is 4.28. The molecule has 0 spiro atoms. The molecular formula is C11H18N2. The minimum Gasteiger partial charge on any atom is -0.380 e. The average Bonchev–Trinajstić information content (AvgIpc) is 2.01. The molecule has 0 heterocycles. The zero-order valence-corrected chi connectivity index (χ0v) is 8.59. The predicted octanol–water partition coefficient (Wildman–Crippen LogP) is 2.36. The van der Waals surface area contributed by atoms with Crippen molar-refractivity contribution >= 4 is 5.69 Å². The number of rotatable bonds is 2. The molecular weight excluding hydrogens is 160 g/mol. The van der Waals surface area contributed by atoms with Gasteiger partial charge in [-0.2, -0.15) is 0 Å². The van der Waals surface area contributed by atoms with Crippen molar-refractivity contribution in [2.24, 2.45) is 5.73 Å². The van der Waals surface area contributed by atoms with Crippen LogP contribution in [0.3, 0.4) is 0 Å². The van der Waals surface area contributed by atoms with Crippen LogP contribution in [0.2, 0.25) is 0 Å². The second kappa shape index (κ2) is 3.79. The zero-order valence-electron chi connectivity index (χ0n) is 8.59. The summed E-state index contributed by atoms with van der Waals surface area (Å²) in [5.74, 6) is 0. The number of nitrogens with one attached hydrogen (secondary N) is 1. The highest BCUT2D eigenvalue weighted by molar-refractivity contribution is 5.47. The molecule has 0 aromatic heterocycles. The quantitative estimate of drug-likeness (QED) is 0.729. The molecule has 1 aromatic rings. The lowest BCUT2D eigenvalue weighted by atomic mass is 10.1. The first kappa shape index (κ1) is 10.1. The largest absolute Gasteiger partial charge is 0.380 e. The third-order valence-electron chi connectivity index (χ3n) is 1.68. The van der Waals surface area contributed by atoms with Crippen molar-refractivity contribution < 1.29 is 0 Å². The SMILES string of the molecule is CC(C)(C)Nc1cccc(CN)c1. The fourth-order valence-corrected chi connectivity index (χ4v) is 1.21. The third kappa shape index (κ3) is 3.47. The molecule has 0 unspecified atom stereocenters. The lowest BCUT2D eigenvalue weighted by Crippen LogP contribution is -2.26. The summed E-state index contributed by atoms with van der Waals surface area (Å²) in [5, 5.41) is 3.40. The molecule has 0 aliphatic rings. The van der Waals surface area contributed by atoms with Gasteiger partial charge in [-0.1, -0.05) is 12.1 Å². The van der Waals surface area contributed by atoms with Crippen molar-refractivity contribution in [3.63, 3.8) is 0 Å². The number of nitrogens with two attached hydrogens (primary N) is 1. The van der Waals surface area contributed by atoms with Crippen LogP contribution in [-0.4, -0.2) is 5.54 Å². The summed E-state index contributed by atoms with van der Waals surface area (Å²) in [4.78, 5) is 0. The van der Waals surface area contributed by atoms with Crippen LogP contribution in [0.5, 0.6) is 0 Å². The first-order valence-corrected chi connectivity index (χ1v) is 4.58. The number of hydrogen-bond donors (Lipinski definition) is 2. The van der Waals surface area contributed by atoms with Crippen molar-refractivity contribution in [3.8, 4) is 0 Å². The number of hydrogen-bond acceptors (Lipinski definition) is 2. The van der Waals surface area contributed by atoms with Crippen LogP contribution in [0, 0.1) is 0 Å². The van der Waals surface area contributed by atoms with E-state index in [-0.39, 0.29) is 5.54 Å². The molecule has 1 rings (SSSR count). The topological polar surface area (TPSA) is 38.0 Å². The Hall–Kier alpha value is -1.02. The zero-order chi connectivity index (χ0) is 9.90. The van der Waals surface area contributed by atoms with Gasteiger partial charge in [-0.05, 0) is 38.5 Å². The van der Waals surface area contributed by atoms with Crippen LogP contribution in [0.15, 0.2) is 24.3 Å². The van der Waals surface area contributed by atoms with Crippen molar-refractivity contribution in [2.45, 2.75) is 32.9 Å². The van der Waals surface area contributed by atoms with E-state index < -0.39 is 0 Å². The molecule has 0 saturated heterocycles. The average molecular weight is 178 g/mol. The Kier molecular flexibility index (Phi) is 2.94. The molecule has 0 amide bonds. The molecule has 0 bridgehead atoms. The van der Waals surface area contributed by atoms with Gasteiger partial charge in [0.25, 0.3) is 0 Å². The Morgan fingerprint density at radius 2 is 2.00 bits per heavy atom. The van der Waals surface area contributed by atoms with Crippen LogP contribution in [0.1, 0.15) is 26.3 Å². The summed E-state index contributed by atoms with van der Waals surface area (Å²) in [6, 6.07) is 8.21. The van der Waals surface area contributed by atoms with Gasteiger partial charge in [-0.25, -0.2) is 0 Å². The molecule has 3 N–H and O–H groups in total. The summed E-state index contributed by atoms with van der Waals surface area (Å²) >= 11 is 0. The summed E-state index contributed by atoms with van der Waals surface area (Å²) in [5.41, 5.74) is 7.96. The maximum Gasteiger partial charge on any atom is 0.0347 e. The molecule has 0 fully saturated rings. The Bertz CT molecular complexity index is 274. The molecule has 0 radical (unpaired) electrons. The van der Waals surface area contributed by atoms with Crippen molar-refractivity contribution in [3.05, 3.63) is 29.8 Å². The lowest BCUT2D eigenvalue weighted by Gasteiger charge is -2.22. The van der Waals surface area contributed by atoms with E-state index in [1.54, 1.807) is 0 Å². The normalized spacial score (nSPS) is 11.4. The highest BCUT2D eigenvalue weighted by atomic mass is 14.9. The first-order chi connectivity index (χ1) is 6.01. The number of benzene rings is 1. The van der Waals surface area contributed by atoms with Gasteiger partial charge >= 0.3 is 0 Å². The molecule has 2 nitrogen and oxygen atoms in total. The summed E-state index contributed by atoms with van der Waals surface area (Å²) in [7, 11) is 0. The smallest absolute Gasteiger partial charge is 0.0347 e. The van der Waals surface area contributed by atoms with Crippen LogP contribution in [0.4, 0.5) is 5.69 Å². The van der Waals surface area contributed by atoms with E-state index in [4.69, 9.17) is 5.73 Å². The molecule has 2 heteroatoms. The van der Waals surface area contributed by atoms with Crippen LogP contribution >= 0.6 is 0 Å². The van der Waals surface area contributed by atoms with Gasteiger partial charge in [0.1, 0.15) is 0 Å². The lowest BCUT2D eigenvalue weighted by molar-refractivity contribution is 0.634. The van der Waals surface area contributed by atoms with Crippen LogP contribution < -0.4 is 11.1 Å². The Morgan fingerprint density at radius 3 is 2.54 bits per heavy atom. The maximum absolute atomic E-state index is 5.55. The van der Waals surface area contributed by atoms with E-state index in [0.717, 1.165) is 11.3 Å². The molecule has 13 heavy (non-hydrogen) atoms. The highest BCUT2D eigenvalue weighted by Crippen LogP contribution is 2.15. The van der Waals surface area contributed by atoms with Crippen molar-refractivity contribution in [1.29, 1.82) is 0 Å². The summed E-state index contributed by atoms with van der Waals surface area (Å²) < 4.78 is 0. The minimum atomic E-state index is 0.104. The van der Waals surface area contributed by atoms with Gasteiger partial charge in [-0.3, -0.25) is 0 Å². The third-order valence-corrected chi connectivity index (χ3v) is 1.68. The van der Waals surface area contributed by atoms with Gasteiger partial charge in [0.05, 0.1) is 0 Å². The molecule has 0 atom stereocenters. The van der Waals surface area contributed by atoms with Crippen LogP contribution in [0.25, 0.3) is 0 Å². The Balaban J connectivity index is 2.78. The fraction of sp³-hybridized carbons (Fsp3) is 0.455. The van der Waals surface area contributed by atoms with E-state index >= 15 is 0 Å². The van der Waals surface area contributed by atoms with Gasteiger partial charge in [0, 0.05) is 17.8 Å². The van der Waals surface area contributed by atoms with E-state index in [2.05, 4.69) is 38.2 Å². The van der Waals surface area contributed by atoms with Gasteiger partial charge < -0.3 is 11.1 Å². The molecule has 0 saturated carbocycles. The Morgan fingerprint density at radius 1 is 1.31 bits per heavy atom. The molecule has 1 aromatic carbocycles. The van der Waals surface area contributed by atoms with Crippen molar-refractivity contribution in [1.82, 2.24) is 0 Å². The van der Waals surface area contributed by atoms with Gasteiger partial charge in [0.2, 0.25) is 0 Å². The summed E-state index contributed by atoms with van der Waals surface area (Å²) in [6.07, 6.45) is 0. The predicted molar refractivity (Wildman–Crippen MR) is 57.7 cm³/mol. The fourth-order valence-electron chi connectivity index (χ4n) is 1.21. The monoisotopic (exact) mass is 178 g/mol. The summed E-state index contributed by atoms with van der Waals surface area (Å²) in [6.45, 7) is 7.02. The molecule has 0 aliphatic heterocycles. The van der Waals surface area contributed by atoms with E-state index in [0.29, 0.717) is 6.54 Å². The maximum atomic E-state index is 5.55. The van der Waals surface area contributed by atoms with Gasteiger partial charge in [-0.15, -0.1) is 0 Å². The van der Waals surface area contributed by atoms with E-state index in [9.17, 15) is 0 Å². The van der Waals surface area contributed by atoms with Crippen LogP contribution in [-0.2, 0) is 6.54 Å².